The van der Waals surface area contributed by atoms with Crippen molar-refractivity contribution in [3.05, 3.63) is 23.8 Å². The van der Waals surface area contributed by atoms with Crippen LogP contribution in [0.4, 0.5) is 5.69 Å². The van der Waals surface area contributed by atoms with Crippen LogP contribution in [-0.4, -0.2) is 29.8 Å². The zero-order valence-electron chi connectivity index (χ0n) is 12.3. The molecule has 1 heterocycles. The molecule has 21 heavy (non-hydrogen) atoms. The van der Waals surface area contributed by atoms with Crippen LogP contribution >= 0.6 is 0 Å². The van der Waals surface area contributed by atoms with Gasteiger partial charge in [-0.15, -0.1) is 0 Å². The predicted octanol–water partition coefficient (Wildman–Crippen LogP) is 1.97. The van der Waals surface area contributed by atoms with Crippen molar-refractivity contribution in [1.29, 1.82) is 0 Å². The lowest BCUT2D eigenvalue weighted by Crippen LogP contribution is -2.43. The highest BCUT2D eigenvalue weighted by molar-refractivity contribution is 5.95. The number of anilines is 1. The largest absolute Gasteiger partial charge is 0.482 e. The summed E-state index contributed by atoms with van der Waals surface area (Å²) in [5, 5.41) is 16.4. The van der Waals surface area contributed by atoms with E-state index in [1.165, 1.54) is 0 Å². The van der Waals surface area contributed by atoms with E-state index < -0.39 is 0 Å². The van der Waals surface area contributed by atoms with Crippen molar-refractivity contribution < 1.29 is 14.6 Å². The van der Waals surface area contributed by atoms with Crippen molar-refractivity contribution in [2.75, 3.05) is 11.9 Å². The Balaban J connectivity index is 1.71. The molecule has 3 rings (SSSR count). The maximum atomic E-state index is 11.4. The van der Waals surface area contributed by atoms with Crippen molar-refractivity contribution in [2.45, 2.75) is 50.8 Å². The van der Waals surface area contributed by atoms with Crippen LogP contribution in [-0.2, 0) is 4.79 Å². The number of aliphatic hydroxyl groups excluding tert-OH is 1. The highest BCUT2D eigenvalue weighted by Crippen LogP contribution is 2.31. The normalized spacial score (nSPS) is 26.5. The van der Waals surface area contributed by atoms with E-state index in [0.29, 0.717) is 5.75 Å². The first kappa shape index (κ1) is 14.4. The van der Waals surface area contributed by atoms with Crippen molar-refractivity contribution in [1.82, 2.24) is 5.32 Å². The monoisotopic (exact) mass is 290 g/mol. The van der Waals surface area contributed by atoms with Crippen LogP contribution in [0.15, 0.2) is 18.2 Å². The van der Waals surface area contributed by atoms with Gasteiger partial charge in [0.2, 0.25) is 0 Å². The van der Waals surface area contributed by atoms with E-state index in [2.05, 4.69) is 17.6 Å². The van der Waals surface area contributed by atoms with Gasteiger partial charge in [-0.2, -0.15) is 0 Å². The predicted molar refractivity (Wildman–Crippen MR) is 80.4 cm³/mol. The molecule has 0 saturated heterocycles. The van der Waals surface area contributed by atoms with Crippen molar-refractivity contribution >= 4 is 11.6 Å². The number of benzene rings is 1. The van der Waals surface area contributed by atoms with Crippen LogP contribution in [0.25, 0.3) is 0 Å². The molecular formula is C16H22N2O3. The lowest BCUT2D eigenvalue weighted by atomic mass is 9.91. The Morgan fingerprint density at radius 1 is 1.38 bits per heavy atom. The second-order valence-electron chi connectivity index (χ2n) is 5.94. The van der Waals surface area contributed by atoms with Gasteiger partial charge in [0.1, 0.15) is 5.75 Å². The highest BCUT2D eigenvalue weighted by atomic mass is 16.5. The van der Waals surface area contributed by atoms with Crippen LogP contribution in [0.3, 0.4) is 0 Å². The summed E-state index contributed by atoms with van der Waals surface area (Å²) < 4.78 is 5.37. The van der Waals surface area contributed by atoms with Crippen LogP contribution in [0.5, 0.6) is 5.75 Å². The smallest absolute Gasteiger partial charge is 0.262 e. The van der Waals surface area contributed by atoms with Crippen LogP contribution in [0.1, 0.15) is 44.2 Å². The molecule has 0 spiro atoms. The molecule has 1 amide bonds. The molecule has 1 fully saturated rings. The summed E-state index contributed by atoms with van der Waals surface area (Å²) in [6.07, 6.45) is 3.89. The second-order valence-corrected chi connectivity index (χ2v) is 5.94. The standard InChI is InChI=1S/C16H22N2O3/c1-10(17-12-4-2-3-5-14(12)19)11-6-7-15-13(8-11)18-16(20)9-21-15/h6-8,10,12,14,17,19H,2-5,9H2,1H3,(H,18,20). The van der Waals surface area contributed by atoms with Gasteiger partial charge in [-0.05, 0) is 37.5 Å². The molecule has 2 aliphatic rings. The Labute approximate surface area is 124 Å². The van der Waals surface area contributed by atoms with E-state index in [1.807, 2.05) is 18.2 Å². The Hall–Kier alpha value is -1.59. The van der Waals surface area contributed by atoms with Gasteiger partial charge in [0.15, 0.2) is 6.61 Å². The number of carbonyl (C=O) groups excluding carboxylic acids is 1. The van der Waals surface area contributed by atoms with Gasteiger partial charge < -0.3 is 20.5 Å². The summed E-state index contributed by atoms with van der Waals surface area (Å²) >= 11 is 0. The van der Waals surface area contributed by atoms with Gasteiger partial charge in [0, 0.05) is 12.1 Å². The molecule has 3 unspecified atom stereocenters. The third-order valence-electron chi connectivity index (χ3n) is 4.33. The lowest BCUT2D eigenvalue weighted by Gasteiger charge is -2.31. The van der Waals surface area contributed by atoms with Gasteiger partial charge in [-0.1, -0.05) is 18.9 Å². The molecule has 0 aromatic heterocycles. The molecule has 0 radical (unpaired) electrons. The zero-order valence-corrected chi connectivity index (χ0v) is 12.3. The Morgan fingerprint density at radius 2 is 2.19 bits per heavy atom. The molecule has 114 valence electrons. The number of fused-ring (bicyclic) bond motifs is 1. The van der Waals surface area contributed by atoms with E-state index >= 15 is 0 Å². The third-order valence-corrected chi connectivity index (χ3v) is 4.33. The Bertz CT molecular complexity index is 532. The molecule has 1 aromatic rings. The quantitative estimate of drug-likeness (QED) is 0.796. The minimum absolute atomic E-state index is 0.0778. The Kier molecular flexibility index (Phi) is 4.12. The molecule has 5 nitrogen and oxygen atoms in total. The fourth-order valence-electron chi connectivity index (χ4n) is 3.09. The van der Waals surface area contributed by atoms with Crippen molar-refractivity contribution in [3.8, 4) is 5.75 Å². The lowest BCUT2D eigenvalue weighted by molar-refractivity contribution is -0.118. The molecule has 0 bridgehead atoms. The molecular weight excluding hydrogens is 268 g/mol. The number of amides is 1. The fraction of sp³-hybridized carbons (Fsp3) is 0.562. The summed E-state index contributed by atoms with van der Waals surface area (Å²) in [5.74, 6) is 0.589. The van der Waals surface area contributed by atoms with Crippen LogP contribution < -0.4 is 15.4 Å². The van der Waals surface area contributed by atoms with E-state index in [9.17, 15) is 9.90 Å². The molecule has 3 N–H and O–H groups in total. The number of carbonyl (C=O) groups is 1. The first-order chi connectivity index (χ1) is 10.1. The Morgan fingerprint density at radius 3 is 3.00 bits per heavy atom. The van der Waals surface area contributed by atoms with Crippen molar-refractivity contribution in [2.24, 2.45) is 0 Å². The number of nitrogens with one attached hydrogen (secondary N) is 2. The minimum Gasteiger partial charge on any atom is -0.482 e. The topological polar surface area (TPSA) is 70.6 Å². The van der Waals surface area contributed by atoms with Gasteiger partial charge >= 0.3 is 0 Å². The zero-order chi connectivity index (χ0) is 14.8. The first-order valence-electron chi connectivity index (χ1n) is 7.64. The van der Waals surface area contributed by atoms with Crippen LogP contribution in [0, 0.1) is 0 Å². The summed E-state index contributed by atoms with van der Waals surface area (Å²) in [6.45, 7) is 2.16. The maximum absolute atomic E-state index is 11.4. The summed E-state index contributed by atoms with van der Waals surface area (Å²) in [6, 6.07) is 6.10. The van der Waals surface area contributed by atoms with E-state index in [-0.39, 0.29) is 30.7 Å². The highest BCUT2D eigenvalue weighted by Gasteiger charge is 2.25. The number of aliphatic hydroxyl groups is 1. The molecule has 1 saturated carbocycles. The second kappa shape index (κ2) is 6.03. The average Bonchev–Trinajstić information content (AvgIpc) is 2.48. The van der Waals surface area contributed by atoms with E-state index in [1.54, 1.807) is 0 Å². The number of hydrogen-bond donors (Lipinski definition) is 3. The molecule has 5 heteroatoms. The van der Waals surface area contributed by atoms with Gasteiger partial charge in [-0.25, -0.2) is 0 Å². The SMILES string of the molecule is CC(NC1CCCCC1O)c1ccc2c(c1)NC(=O)CO2. The van der Waals surface area contributed by atoms with Gasteiger partial charge in [-0.3, -0.25) is 4.79 Å². The maximum Gasteiger partial charge on any atom is 0.262 e. The number of hydrogen-bond acceptors (Lipinski definition) is 4. The minimum atomic E-state index is -0.262. The third kappa shape index (κ3) is 3.19. The average molecular weight is 290 g/mol. The van der Waals surface area contributed by atoms with Gasteiger partial charge in [0.25, 0.3) is 5.91 Å². The van der Waals surface area contributed by atoms with Gasteiger partial charge in [0.05, 0.1) is 11.8 Å². The summed E-state index contributed by atoms with van der Waals surface area (Å²) in [4.78, 5) is 11.4. The summed E-state index contributed by atoms with van der Waals surface area (Å²) in [5.41, 5.74) is 1.80. The van der Waals surface area contributed by atoms with Crippen molar-refractivity contribution in [3.63, 3.8) is 0 Å². The molecule has 1 aromatic carbocycles. The molecule has 1 aliphatic carbocycles. The summed E-state index contributed by atoms with van der Waals surface area (Å²) in [7, 11) is 0. The number of rotatable bonds is 3. The van der Waals surface area contributed by atoms with Crippen LogP contribution in [0.2, 0.25) is 0 Å². The fourth-order valence-corrected chi connectivity index (χ4v) is 3.09. The molecule has 3 atom stereocenters. The van der Waals surface area contributed by atoms with E-state index in [4.69, 9.17) is 4.74 Å². The molecule has 1 aliphatic heterocycles. The van der Waals surface area contributed by atoms with E-state index in [0.717, 1.165) is 36.9 Å². The number of ether oxygens (including phenoxy) is 1. The first-order valence-corrected chi connectivity index (χ1v) is 7.64.